The zero-order valence-corrected chi connectivity index (χ0v) is 19.6. The van der Waals surface area contributed by atoms with Crippen LogP contribution in [-0.4, -0.2) is 55.0 Å². The van der Waals surface area contributed by atoms with Crippen LogP contribution in [0.4, 0.5) is 0 Å². The highest BCUT2D eigenvalue weighted by Crippen LogP contribution is 2.35. The van der Waals surface area contributed by atoms with Crippen molar-refractivity contribution in [1.29, 1.82) is 0 Å². The van der Waals surface area contributed by atoms with E-state index in [-0.39, 0.29) is 5.75 Å². The Kier molecular flexibility index (Phi) is 6.51. The number of sulfonamides is 1. The van der Waals surface area contributed by atoms with Gasteiger partial charge in [-0.15, -0.1) is 0 Å². The van der Waals surface area contributed by atoms with E-state index in [1.165, 1.54) is 27.6 Å². The number of aromatic amines is 1. The van der Waals surface area contributed by atoms with Gasteiger partial charge in [-0.2, -0.15) is 0 Å². The number of H-pyrrole nitrogens is 1. The van der Waals surface area contributed by atoms with Crippen LogP contribution in [0, 0.1) is 0 Å². The van der Waals surface area contributed by atoms with E-state index in [2.05, 4.69) is 72.5 Å². The Morgan fingerprint density at radius 1 is 1.06 bits per heavy atom. The molecule has 0 bridgehead atoms. The molecule has 1 aromatic heterocycles. The second-order valence-corrected chi connectivity index (χ2v) is 10.9. The average molecular weight is 440 g/mol. The fourth-order valence-electron chi connectivity index (χ4n) is 4.56. The summed E-state index contributed by atoms with van der Waals surface area (Å²) < 4.78 is 26.0. The molecule has 6 heteroatoms. The smallest absolute Gasteiger partial charge is 0.213 e. The minimum absolute atomic E-state index is 0.182. The first-order valence-corrected chi connectivity index (χ1v) is 12.9. The van der Waals surface area contributed by atoms with Gasteiger partial charge in [0, 0.05) is 36.7 Å². The SMILES string of the molecule is CCN(C)Cc1cccc(-c2ccc3[nH]cc(C4CCN(S(=O)(=O)CC)CC4)c3c2)c1. The number of fused-ring (bicyclic) bond motifs is 1. The zero-order chi connectivity index (χ0) is 22.0. The Labute approximate surface area is 186 Å². The van der Waals surface area contributed by atoms with Gasteiger partial charge < -0.3 is 9.88 Å². The Bertz CT molecular complexity index is 1140. The fraction of sp³-hybridized carbons (Fsp3) is 0.440. The van der Waals surface area contributed by atoms with Gasteiger partial charge in [-0.1, -0.05) is 31.2 Å². The van der Waals surface area contributed by atoms with Crippen molar-refractivity contribution in [2.45, 2.75) is 39.2 Å². The molecule has 2 heterocycles. The van der Waals surface area contributed by atoms with Gasteiger partial charge in [-0.3, -0.25) is 0 Å². The first-order valence-electron chi connectivity index (χ1n) is 11.3. The van der Waals surface area contributed by atoms with Crippen molar-refractivity contribution in [3.05, 3.63) is 59.8 Å². The Morgan fingerprint density at radius 3 is 2.52 bits per heavy atom. The van der Waals surface area contributed by atoms with Gasteiger partial charge in [0.25, 0.3) is 0 Å². The molecule has 1 saturated heterocycles. The molecule has 0 saturated carbocycles. The zero-order valence-electron chi connectivity index (χ0n) is 18.8. The first kappa shape index (κ1) is 22.1. The number of nitrogens with zero attached hydrogens (tertiary/aromatic N) is 2. The van der Waals surface area contributed by atoms with Crippen molar-refractivity contribution in [1.82, 2.24) is 14.2 Å². The lowest BCUT2D eigenvalue weighted by molar-refractivity contribution is 0.321. The van der Waals surface area contributed by atoms with Crippen molar-refractivity contribution in [3.63, 3.8) is 0 Å². The van der Waals surface area contributed by atoms with Crippen LogP contribution in [0.15, 0.2) is 48.7 Å². The number of nitrogens with one attached hydrogen (secondary N) is 1. The molecule has 2 aromatic carbocycles. The standard InChI is InChI=1S/C25H33N3O2S/c1-4-27(3)18-19-7-6-8-21(15-19)22-9-10-25-23(16-22)24(17-26-25)20-11-13-28(14-12-20)31(29,30)5-2/h6-10,15-17,20,26H,4-5,11-14,18H2,1-3H3. The average Bonchev–Trinajstić information content (AvgIpc) is 3.22. The maximum absolute atomic E-state index is 12.2. The number of benzene rings is 2. The summed E-state index contributed by atoms with van der Waals surface area (Å²) in [5.41, 5.74) is 6.23. The van der Waals surface area contributed by atoms with Crippen molar-refractivity contribution >= 4 is 20.9 Å². The molecule has 0 spiro atoms. The van der Waals surface area contributed by atoms with Crippen LogP contribution < -0.4 is 0 Å². The highest BCUT2D eigenvalue weighted by atomic mass is 32.2. The summed E-state index contributed by atoms with van der Waals surface area (Å²) in [4.78, 5) is 5.73. The molecule has 31 heavy (non-hydrogen) atoms. The molecule has 1 N–H and O–H groups in total. The summed E-state index contributed by atoms with van der Waals surface area (Å²) in [5, 5.41) is 1.25. The Hall–Kier alpha value is -2.15. The van der Waals surface area contributed by atoms with E-state index >= 15 is 0 Å². The minimum atomic E-state index is -3.09. The lowest BCUT2D eigenvalue weighted by atomic mass is 9.89. The van der Waals surface area contributed by atoms with Crippen LogP contribution >= 0.6 is 0 Å². The topological polar surface area (TPSA) is 56.4 Å². The van der Waals surface area contributed by atoms with E-state index in [0.29, 0.717) is 19.0 Å². The molecule has 1 aliphatic rings. The van der Waals surface area contributed by atoms with E-state index in [9.17, 15) is 8.42 Å². The van der Waals surface area contributed by atoms with Crippen molar-refractivity contribution in [3.8, 4) is 11.1 Å². The lowest BCUT2D eigenvalue weighted by Gasteiger charge is -2.30. The number of hydrogen-bond donors (Lipinski definition) is 1. The molecule has 0 unspecified atom stereocenters. The highest BCUT2D eigenvalue weighted by molar-refractivity contribution is 7.89. The predicted octanol–water partition coefficient (Wildman–Crippen LogP) is 4.82. The molecule has 1 fully saturated rings. The third-order valence-corrected chi connectivity index (χ3v) is 8.50. The van der Waals surface area contributed by atoms with Crippen LogP contribution in [-0.2, 0) is 16.6 Å². The first-order chi connectivity index (χ1) is 14.9. The van der Waals surface area contributed by atoms with E-state index in [4.69, 9.17) is 0 Å². The molecular weight excluding hydrogens is 406 g/mol. The quantitative estimate of drug-likeness (QED) is 0.574. The monoisotopic (exact) mass is 439 g/mol. The second-order valence-electron chi connectivity index (χ2n) is 8.61. The highest BCUT2D eigenvalue weighted by Gasteiger charge is 2.28. The summed E-state index contributed by atoms with van der Waals surface area (Å²) in [6.07, 6.45) is 3.86. The number of hydrogen-bond acceptors (Lipinski definition) is 3. The summed E-state index contributed by atoms with van der Waals surface area (Å²) in [6, 6.07) is 15.4. The number of piperidine rings is 1. The third kappa shape index (κ3) is 4.71. The van der Waals surface area contributed by atoms with Gasteiger partial charge in [0.05, 0.1) is 5.75 Å². The molecule has 1 aliphatic heterocycles. The van der Waals surface area contributed by atoms with E-state index < -0.39 is 10.0 Å². The molecular formula is C25H33N3O2S. The lowest BCUT2D eigenvalue weighted by Crippen LogP contribution is -2.38. The van der Waals surface area contributed by atoms with Crippen molar-refractivity contribution in [2.24, 2.45) is 0 Å². The van der Waals surface area contributed by atoms with Gasteiger partial charge in [-0.05, 0) is 79.7 Å². The van der Waals surface area contributed by atoms with Crippen LogP contribution in [0.1, 0.15) is 43.7 Å². The summed E-state index contributed by atoms with van der Waals surface area (Å²) in [5.74, 6) is 0.568. The summed E-state index contributed by atoms with van der Waals surface area (Å²) in [6.45, 7) is 7.09. The number of rotatable bonds is 7. The van der Waals surface area contributed by atoms with E-state index in [1.54, 1.807) is 11.2 Å². The summed E-state index contributed by atoms with van der Waals surface area (Å²) in [7, 11) is -0.951. The van der Waals surface area contributed by atoms with Crippen molar-refractivity contribution in [2.75, 3.05) is 32.4 Å². The molecule has 166 valence electrons. The molecule has 0 aliphatic carbocycles. The van der Waals surface area contributed by atoms with Gasteiger partial charge in [0.15, 0.2) is 0 Å². The van der Waals surface area contributed by atoms with E-state index in [0.717, 1.165) is 31.4 Å². The molecule has 3 aromatic rings. The van der Waals surface area contributed by atoms with Gasteiger partial charge in [-0.25, -0.2) is 12.7 Å². The number of aromatic nitrogens is 1. The Morgan fingerprint density at radius 2 is 1.81 bits per heavy atom. The second kappa shape index (κ2) is 9.15. The van der Waals surface area contributed by atoms with Crippen LogP contribution in [0.2, 0.25) is 0 Å². The third-order valence-electron chi connectivity index (χ3n) is 6.62. The molecule has 0 radical (unpaired) electrons. The van der Waals surface area contributed by atoms with Crippen molar-refractivity contribution < 1.29 is 8.42 Å². The van der Waals surface area contributed by atoms with Crippen LogP contribution in [0.25, 0.3) is 22.0 Å². The van der Waals surface area contributed by atoms with Gasteiger partial charge in [0.1, 0.15) is 0 Å². The van der Waals surface area contributed by atoms with Crippen LogP contribution in [0.5, 0.6) is 0 Å². The van der Waals surface area contributed by atoms with Crippen LogP contribution in [0.3, 0.4) is 0 Å². The maximum Gasteiger partial charge on any atom is 0.213 e. The Balaban J connectivity index is 1.59. The minimum Gasteiger partial charge on any atom is -0.361 e. The molecule has 5 nitrogen and oxygen atoms in total. The largest absolute Gasteiger partial charge is 0.361 e. The molecule has 0 atom stereocenters. The normalized spacial score (nSPS) is 16.4. The van der Waals surface area contributed by atoms with E-state index in [1.807, 2.05) is 0 Å². The predicted molar refractivity (Wildman–Crippen MR) is 129 cm³/mol. The molecule has 0 amide bonds. The fourth-order valence-corrected chi connectivity index (χ4v) is 5.69. The van der Waals surface area contributed by atoms with Gasteiger partial charge in [0.2, 0.25) is 10.0 Å². The maximum atomic E-state index is 12.2. The summed E-state index contributed by atoms with van der Waals surface area (Å²) >= 11 is 0. The molecule has 4 rings (SSSR count). The van der Waals surface area contributed by atoms with Gasteiger partial charge >= 0.3 is 0 Å².